The lowest BCUT2D eigenvalue weighted by Gasteiger charge is -2.33. The number of ether oxygens (including phenoxy) is 1. The van der Waals surface area contributed by atoms with E-state index in [1.54, 1.807) is 7.11 Å². The molecule has 1 aromatic carbocycles. The molecule has 0 radical (unpaired) electrons. The number of hydrogen-bond donors (Lipinski definition) is 0. The number of fused-ring (bicyclic) bond motifs is 1. The molecule has 0 aliphatic carbocycles. The predicted molar refractivity (Wildman–Crippen MR) is 112 cm³/mol. The topological polar surface area (TPSA) is 58.6 Å². The van der Waals surface area contributed by atoms with Crippen LogP contribution >= 0.6 is 0 Å². The average Bonchev–Trinajstić information content (AvgIpc) is 2.77. The van der Waals surface area contributed by atoms with E-state index in [-0.39, 0.29) is 11.8 Å². The quantitative estimate of drug-likeness (QED) is 0.781. The van der Waals surface area contributed by atoms with Crippen molar-refractivity contribution >= 4 is 5.91 Å². The van der Waals surface area contributed by atoms with Crippen molar-refractivity contribution in [2.24, 2.45) is 0 Å². The van der Waals surface area contributed by atoms with Gasteiger partial charge < -0.3 is 14.5 Å². The Morgan fingerprint density at radius 1 is 1.28 bits per heavy atom. The van der Waals surface area contributed by atoms with Crippen LogP contribution in [-0.2, 0) is 24.2 Å². The zero-order valence-electron chi connectivity index (χ0n) is 17.4. The van der Waals surface area contributed by atoms with Crippen molar-refractivity contribution in [2.75, 3.05) is 33.8 Å². The van der Waals surface area contributed by atoms with Gasteiger partial charge in [-0.3, -0.25) is 4.79 Å². The van der Waals surface area contributed by atoms with Crippen LogP contribution in [0.2, 0.25) is 0 Å². The standard InChI is InChI=1S/C23H30N4O2/c1-26-13-11-20-19(15-26)14-24-23(25-20)18-7-5-12-27(16-18)22(28)10-9-17-6-3-4-8-21(17)29-2/h3-4,6,8,14,18H,5,7,9-13,15-16H2,1-2H3/t18-/m1/s1. The molecule has 2 aliphatic rings. The number of carbonyl (C=O) groups excluding carboxylic acids is 1. The number of benzene rings is 1. The number of likely N-dealkylation sites (tertiary alicyclic amines) is 1. The zero-order valence-corrected chi connectivity index (χ0v) is 17.4. The fourth-order valence-corrected chi connectivity index (χ4v) is 4.39. The third kappa shape index (κ3) is 4.58. The largest absolute Gasteiger partial charge is 0.496 e. The highest BCUT2D eigenvalue weighted by atomic mass is 16.5. The molecule has 4 rings (SSSR count). The van der Waals surface area contributed by atoms with Crippen LogP contribution in [0.1, 0.15) is 47.8 Å². The lowest BCUT2D eigenvalue weighted by atomic mass is 9.96. The van der Waals surface area contributed by atoms with Crippen molar-refractivity contribution in [1.82, 2.24) is 19.8 Å². The molecule has 29 heavy (non-hydrogen) atoms. The molecule has 1 amide bonds. The molecule has 154 valence electrons. The number of amides is 1. The van der Waals surface area contributed by atoms with Crippen LogP contribution in [-0.4, -0.2) is 59.5 Å². The maximum atomic E-state index is 12.9. The van der Waals surface area contributed by atoms with Gasteiger partial charge in [-0.05, 0) is 37.9 Å². The molecule has 1 aromatic heterocycles. The van der Waals surface area contributed by atoms with Gasteiger partial charge in [0.2, 0.25) is 5.91 Å². The summed E-state index contributed by atoms with van der Waals surface area (Å²) < 4.78 is 5.41. The molecule has 6 heteroatoms. The lowest BCUT2D eigenvalue weighted by Crippen LogP contribution is -2.39. The number of para-hydroxylation sites is 1. The van der Waals surface area contributed by atoms with Gasteiger partial charge in [0.25, 0.3) is 0 Å². The Labute approximate surface area is 172 Å². The summed E-state index contributed by atoms with van der Waals surface area (Å²) in [5.74, 6) is 2.21. The molecule has 6 nitrogen and oxygen atoms in total. The molecule has 0 N–H and O–H groups in total. The van der Waals surface area contributed by atoms with Gasteiger partial charge in [-0.2, -0.15) is 0 Å². The minimum Gasteiger partial charge on any atom is -0.496 e. The van der Waals surface area contributed by atoms with Gasteiger partial charge >= 0.3 is 0 Å². The van der Waals surface area contributed by atoms with E-state index in [1.165, 1.54) is 11.3 Å². The van der Waals surface area contributed by atoms with Crippen molar-refractivity contribution in [3.8, 4) is 5.75 Å². The molecule has 1 saturated heterocycles. The molecular formula is C23H30N4O2. The highest BCUT2D eigenvalue weighted by molar-refractivity contribution is 5.76. The van der Waals surface area contributed by atoms with Gasteiger partial charge in [-0.25, -0.2) is 9.97 Å². The summed E-state index contributed by atoms with van der Waals surface area (Å²) >= 11 is 0. The third-order valence-electron chi connectivity index (χ3n) is 6.08. The second kappa shape index (κ2) is 8.91. The molecule has 0 spiro atoms. The smallest absolute Gasteiger partial charge is 0.222 e. The molecule has 2 aromatic rings. The minimum atomic E-state index is 0.209. The molecule has 2 aliphatic heterocycles. The molecule has 1 fully saturated rings. The molecule has 1 atom stereocenters. The summed E-state index contributed by atoms with van der Waals surface area (Å²) in [4.78, 5) is 26.7. The zero-order chi connectivity index (χ0) is 20.2. The first-order valence-corrected chi connectivity index (χ1v) is 10.6. The second-order valence-electron chi connectivity index (χ2n) is 8.18. The third-order valence-corrected chi connectivity index (χ3v) is 6.08. The van der Waals surface area contributed by atoms with E-state index in [0.717, 1.165) is 62.6 Å². The molecule has 0 saturated carbocycles. The first-order valence-electron chi connectivity index (χ1n) is 10.6. The van der Waals surface area contributed by atoms with Gasteiger partial charge in [0.05, 0.1) is 7.11 Å². The van der Waals surface area contributed by atoms with Crippen LogP contribution < -0.4 is 4.74 Å². The van der Waals surface area contributed by atoms with Crippen LogP contribution in [0.3, 0.4) is 0 Å². The summed E-state index contributed by atoms with van der Waals surface area (Å²) in [6, 6.07) is 7.92. The summed E-state index contributed by atoms with van der Waals surface area (Å²) in [6.45, 7) is 3.52. The number of rotatable bonds is 5. The van der Waals surface area contributed by atoms with Gasteiger partial charge in [-0.1, -0.05) is 18.2 Å². The Bertz CT molecular complexity index is 870. The van der Waals surface area contributed by atoms with Gasteiger partial charge in [0.1, 0.15) is 11.6 Å². The molecule has 0 bridgehead atoms. The van der Waals surface area contributed by atoms with Gasteiger partial charge in [-0.15, -0.1) is 0 Å². The van der Waals surface area contributed by atoms with Crippen molar-refractivity contribution < 1.29 is 9.53 Å². The molecule has 0 unspecified atom stereocenters. The van der Waals surface area contributed by atoms with Crippen LogP contribution in [0, 0.1) is 0 Å². The first-order chi connectivity index (χ1) is 14.1. The maximum absolute atomic E-state index is 12.9. The monoisotopic (exact) mass is 394 g/mol. The number of nitrogens with zero attached hydrogens (tertiary/aromatic N) is 4. The SMILES string of the molecule is COc1ccccc1CCC(=O)N1CCC[C@@H](c2ncc3c(n2)CCN(C)C3)C1. The Kier molecular flexibility index (Phi) is 6.09. The van der Waals surface area contributed by atoms with Crippen LogP contribution in [0.5, 0.6) is 5.75 Å². The number of carbonyl (C=O) groups is 1. The van der Waals surface area contributed by atoms with Crippen LogP contribution in [0.4, 0.5) is 0 Å². The maximum Gasteiger partial charge on any atom is 0.222 e. The van der Waals surface area contributed by atoms with Crippen molar-refractivity contribution in [3.05, 3.63) is 53.1 Å². The van der Waals surface area contributed by atoms with Gasteiger partial charge in [0, 0.05) is 62.4 Å². The normalized spacial score (nSPS) is 19.7. The van der Waals surface area contributed by atoms with Crippen LogP contribution in [0.25, 0.3) is 0 Å². The first kappa shape index (κ1) is 19.8. The number of aryl methyl sites for hydroxylation is 1. The Morgan fingerprint density at radius 2 is 2.14 bits per heavy atom. The van der Waals surface area contributed by atoms with E-state index in [4.69, 9.17) is 9.72 Å². The predicted octanol–water partition coefficient (Wildman–Crippen LogP) is 2.81. The highest BCUT2D eigenvalue weighted by Crippen LogP contribution is 2.27. The Balaban J connectivity index is 1.38. The fraction of sp³-hybridized carbons (Fsp3) is 0.522. The number of methoxy groups -OCH3 is 1. The van der Waals surface area contributed by atoms with Crippen molar-refractivity contribution in [2.45, 2.75) is 44.6 Å². The number of likely N-dealkylation sites (N-methyl/N-ethyl adjacent to an activating group) is 1. The average molecular weight is 395 g/mol. The van der Waals surface area contributed by atoms with E-state index in [9.17, 15) is 4.79 Å². The minimum absolute atomic E-state index is 0.209. The number of aromatic nitrogens is 2. The van der Waals surface area contributed by atoms with Crippen LogP contribution in [0.15, 0.2) is 30.5 Å². The summed E-state index contributed by atoms with van der Waals surface area (Å²) in [6.07, 6.45) is 6.24. The second-order valence-corrected chi connectivity index (χ2v) is 8.18. The van der Waals surface area contributed by atoms with E-state index in [0.29, 0.717) is 12.8 Å². The highest BCUT2D eigenvalue weighted by Gasteiger charge is 2.27. The van der Waals surface area contributed by atoms with Gasteiger partial charge in [0.15, 0.2) is 0 Å². The summed E-state index contributed by atoms with van der Waals surface area (Å²) in [7, 11) is 3.80. The molecular weight excluding hydrogens is 364 g/mol. The fourth-order valence-electron chi connectivity index (χ4n) is 4.39. The van der Waals surface area contributed by atoms with E-state index in [1.807, 2.05) is 35.4 Å². The van der Waals surface area contributed by atoms with E-state index in [2.05, 4.69) is 16.9 Å². The van der Waals surface area contributed by atoms with Crippen molar-refractivity contribution in [1.29, 1.82) is 0 Å². The molecule has 3 heterocycles. The van der Waals surface area contributed by atoms with Crippen molar-refractivity contribution in [3.63, 3.8) is 0 Å². The Morgan fingerprint density at radius 3 is 3.00 bits per heavy atom. The summed E-state index contributed by atoms with van der Waals surface area (Å²) in [5, 5.41) is 0. The lowest BCUT2D eigenvalue weighted by molar-refractivity contribution is -0.132. The summed E-state index contributed by atoms with van der Waals surface area (Å²) in [5.41, 5.74) is 3.51. The van der Waals surface area contributed by atoms with E-state index < -0.39 is 0 Å². The number of hydrogen-bond acceptors (Lipinski definition) is 5. The Hall–Kier alpha value is -2.47. The number of piperidine rings is 1. The van der Waals surface area contributed by atoms with E-state index >= 15 is 0 Å².